The molecule has 1 saturated heterocycles. The topological polar surface area (TPSA) is 71.2 Å². The fourth-order valence-electron chi connectivity index (χ4n) is 3.49. The minimum Gasteiger partial charge on any atom is -0.465 e. The van der Waals surface area contributed by atoms with Gasteiger partial charge in [0.25, 0.3) is 0 Å². The Kier molecular flexibility index (Phi) is 6.66. The molecule has 1 aliphatic rings. The number of piperazine rings is 1. The number of nitrogens with zero attached hydrogens (tertiary/aromatic N) is 3. The fraction of sp³-hybridized carbons (Fsp3) is 0.364. The second kappa shape index (κ2) is 9.37. The van der Waals surface area contributed by atoms with Gasteiger partial charge in [0.05, 0.1) is 12.8 Å². The fourth-order valence-corrected chi connectivity index (χ4v) is 3.49. The normalized spacial score (nSPS) is 16.3. The molecule has 148 valence electrons. The molecule has 0 bridgehead atoms. The van der Waals surface area contributed by atoms with E-state index in [0.29, 0.717) is 6.61 Å². The number of benzene rings is 2. The lowest BCUT2D eigenvalue weighted by Crippen LogP contribution is -2.52. The molecule has 0 amide bonds. The molecule has 6 heteroatoms. The highest BCUT2D eigenvalue weighted by Gasteiger charge is 2.26. The Morgan fingerprint density at radius 1 is 1.07 bits per heavy atom. The standard InChI is InChI=1S/C22H28N4O2/c1-3-28-22(27)17(2)25-12-14-26(15-13-25)21-10-8-20(9-11-21)19-6-4-18(5-7-19)16-24-23/h4-11,16-17H,3,12-15,23H2,1-2H3. The van der Waals surface area contributed by atoms with Gasteiger partial charge in [-0.2, -0.15) is 5.10 Å². The number of ether oxygens (including phenoxy) is 1. The van der Waals surface area contributed by atoms with Crippen molar-refractivity contribution >= 4 is 17.9 Å². The zero-order chi connectivity index (χ0) is 19.9. The lowest BCUT2D eigenvalue weighted by atomic mass is 10.0. The first-order chi connectivity index (χ1) is 13.6. The molecular formula is C22H28N4O2. The summed E-state index contributed by atoms with van der Waals surface area (Å²) >= 11 is 0. The highest BCUT2D eigenvalue weighted by Crippen LogP contribution is 2.24. The molecule has 2 aromatic carbocycles. The molecule has 6 nitrogen and oxygen atoms in total. The number of carbonyl (C=O) groups excluding carboxylic acids is 1. The van der Waals surface area contributed by atoms with Crippen LogP contribution in [0, 0.1) is 0 Å². The molecule has 0 aromatic heterocycles. The van der Waals surface area contributed by atoms with Crippen molar-refractivity contribution in [2.45, 2.75) is 19.9 Å². The van der Waals surface area contributed by atoms with E-state index < -0.39 is 0 Å². The first-order valence-electron chi connectivity index (χ1n) is 9.71. The second-order valence-electron chi connectivity index (χ2n) is 6.90. The molecule has 1 fully saturated rings. The van der Waals surface area contributed by atoms with Crippen LogP contribution >= 0.6 is 0 Å². The quantitative estimate of drug-likeness (QED) is 0.361. The summed E-state index contributed by atoms with van der Waals surface area (Å²) in [5, 5.41) is 3.55. The van der Waals surface area contributed by atoms with Crippen LogP contribution in [0.3, 0.4) is 0 Å². The maximum Gasteiger partial charge on any atom is 0.323 e. The molecule has 2 aromatic rings. The van der Waals surface area contributed by atoms with E-state index in [1.54, 1.807) is 6.21 Å². The van der Waals surface area contributed by atoms with Crippen LogP contribution in [0.15, 0.2) is 53.6 Å². The van der Waals surface area contributed by atoms with Crippen molar-refractivity contribution in [3.63, 3.8) is 0 Å². The van der Waals surface area contributed by atoms with Crippen LogP contribution in [0.2, 0.25) is 0 Å². The highest BCUT2D eigenvalue weighted by molar-refractivity contribution is 5.81. The Bertz CT molecular complexity index is 794. The van der Waals surface area contributed by atoms with Crippen LogP contribution in [0.25, 0.3) is 11.1 Å². The number of rotatable bonds is 6. The summed E-state index contributed by atoms with van der Waals surface area (Å²) in [6.07, 6.45) is 1.63. The van der Waals surface area contributed by atoms with E-state index in [0.717, 1.165) is 37.3 Å². The molecule has 0 aliphatic carbocycles. The van der Waals surface area contributed by atoms with E-state index in [-0.39, 0.29) is 12.0 Å². The lowest BCUT2D eigenvalue weighted by molar-refractivity contribution is -0.149. The van der Waals surface area contributed by atoms with Crippen LogP contribution in [0.5, 0.6) is 0 Å². The molecular weight excluding hydrogens is 352 g/mol. The summed E-state index contributed by atoms with van der Waals surface area (Å²) in [4.78, 5) is 16.5. The van der Waals surface area contributed by atoms with Crippen molar-refractivity contribution in [2.75, 3.05) is 37.7 Å². The van der Waals surface area contributed by atoms with Gasteiger partial charge in [-0.1, -0.05) is 36.4 Å². The van der Waals surface area contributed by atoms with Crippen molar-refractivity contribution in [3.8, 4) is 11.1 Å². The van der Waals surface area contributed by atoms with Crippen molar-refractivity contribution in [3.05, 3.63) is 54.1 Å². The van der Waals surface area contributed by atoms with Gasteiger partial charge in [0.2, 0.25) is 0 Å². The molecule has 1 heterocycles. The summed E-state index contributed by atoms with van der Waals surface area (Å²) in [6, 6.07) is 16.6. The molecule has 2 N–H and O–H groups in total. The van der Waals surface area contributed by atoms with Crippen LogP contribution in [-0.2, 0) is 9.53 Å². The average molecular weight is 380 g/mol. The SMILES string of the molecule is CCOC(=O)C(C)N1CCN(c2ccc(-c3ccc(C=NN)cc3)cc2)CC1. The van der Waals surface area contributed by atoms with Crippen LogP contribution in [0.1, 0.15) is 19.4 Å². The smallest absolute Gasteiger partial charge is 0.323 e. The third-order valence-electron chi connectivity index (χ3n) is 5.19. The molecule has 0 radical (unpaired) electrons. The minimum absolute atomic E-state index is 0.135. The zero-order valence-corrected chi connectivity index (χ0v) is 16.5. The van der Waals surface area contributed by atoms with Gasteiger partial charge in [0.15, 0.2) is 0 Å². The first kappa shape index (κ1) is 19.9. The van der Waals surface area contributed by atoms with E-state index in [2.05, 4.69) is 51.3 Å². The second-order valence-corrected chi connectivity index (χ2v) is 6.90. The number of anilines is 1. The molecule has 1 atom stereocenters. The Morgan fingerprint density at radius 2 is 1.64 bits per heavy atom. The molecule has 1 unspecified atom stereocenters. The summed E-state index contributed by atoms with van der Waals surface area (Å²) in [7, 11) is 0. The summed E-state index contributed by atoms with van der Waals surface area (Å²) in [6.45, 7) is 7.70. The molecule has 0 saturated carbocycles. The van der Waals surface area contributed by atoms with Gasteiger partial charge in [-0.25, -0.2) is 0 Å². The molecule has 1 aliphatic heterocycles. The Hall–Kier alpha value is -2.86. The maximum atomic E-state index is 11.9. The Morgan fingerprint density at radius 3 is 2.18 bits per heavy atom. The monoisotopic (exact) mass is 380 g/mol. The summed E-state index contributed by atoms with van der Waals surface area (Å²) in [5.74, 6) is 5.05. The molecule has 3 rings (SSSR count). The lowest BCUT2D eigenvalue weighted by Gasteiger charge is -2.38. The average Bonchev–Trinajstić information content (AvgIpc) is 2.74. The van der Waals surface area contributed by atoms with Gasteiger partial charge in [-0.3, -0.25) is 9.69 Å². The molecule has 28 heavy (non-hydrogen) atoms. The van der Waals surface area contributed by atoms with E-state index in [4.69, 9.17) is 10.6 Å². The molecule has 0 spiro atoms. The van der Waals surface area contributed by atoms with Crippen LogP contribution in [0.4, 0.5) is 5.69 Å². The van der Waals surface area contributed by atoms with Crippen molar-refractivity contribution in [1.82, 2.24) is 4.90 Å². The predicted molar refractivity (Wildman–Crippen MR) is 114 cm³/mol. The largest absolute Gasteiger partial charge is 0.465 e. The van der Waals surface area contributed by atoms with Crippen LogP contribution < -0.4 is 10.7 Å². The number of esters is 1. The van der Waals surface area contributed by atoms with Gasteiger partial charge in [0, 0.05) is 31.9 Å². The Labute approximate surface area is 166 Å². The van der Waals surface area contributed by atoms with E-state index in [1.165, 1.54) is 11.3 Å². The third kappa shape index (κ3) is 4.70. The van der Waals surface area contributed by atoms with E-state index in [9.17, 15) is 4.79 Å². The Balaban J connectivity index is 1.59. The minimum atomic E-state index is -0.184. The number of hydrogen-bond donors (Lipinski definition) is 1. The number of nitrogens with two attached hydrogens (primary N) is 1. The predicted octanol–water partition coefficient (Wildman–Crippen LogP) is 2.72. The summed E-state index contributed by atoms with van der Waals surface area (Å²) in [5.41, 5.74) is 4.53. The van der Waals surface area contributed by atoms with Gasteiger partial charge in [0.1, 0.15) is 6.04 Å². The van der Waals surface area contributed by atoms with Crippen molar-refractivity contribution in [1.29, 1.82) is 0 Å². The number of hydrogen-bond acceptors (Lipinski definition) is 6. The van der Waals surface area contributed by atoms with Gasteiger partial charge in [-0.05, 0) is 42.7 Å². The number of hydrazone groups is 1. The van der Waals surface area contributed by atoms with Crippen LogP contribution in [-0.4, -0.2) is 55.9 Å². The van der Waals surface area contributed by atoms with Crippen molar-refractivity contribution < 1.29 is 9.53 Å². The zero-order valence-electron chi connectivity index (χ0n) is 16.5. The summed E-state index contributed by atoms with van der Waals surface area (Å²) < 4.78 is 5.14. The third-order valence-corrected chi connectivity index (χ3v) is 5.19. The van der Waals surface area contributed by atoms with Crippen molar-refractivity contribution in [2.24, 2.45) is 10.9 Å². The first-order valence-corrected chi connectivity index (χ1v) is 9.71. The van der Waals surface area contributed by atoms with E-state index in [1.807, 2.05) is 26.0 Å². The number of carbonyl (C=O) groups is 1. The maximum absolute atomic E-state index is 11.9. The van der Waals surface area contributed by atoms with Gasteiger partial charge < -0.3 is 15.5 Å². The van der Waals surface area contributed by atoms with Gasteiger partial charge in [-0.15, -0.1) is 0 Å². The highest BCUT2D eigenvalue weighted by atomic mass is 16.5. The van der Waals surface area contributed by atoms with Gasteiger partial charge >= 0.3 is 5.97 Å². The van der Waals surface area contributed by atoms with E-state index >= 15 is 0 Å².